The first kappa shape index (κ1) is 28.4. The molecule has 5 heteroatoms. The third-order valence-corrected chi connectivity index (χ3v) is 7.21. The van der Waals surface area contributed by atoms with Gasteiger partial charge >= 0.3 is 0 Å². The number of nitrogens with one attached hydrogen (secondary N) is 1. The second kappa shape index (κ2) is 10.5. The quantitative estimate of drug-likeness (QED) is 0.254. The number of hydrogen-bond donors (Lipinski definition) is 2. The second-order valence-electron chi connectivity index (χ2n) is 12.3. The Morgan fingerprint density at radius 3 is 2.15 bits per heavy atom. The van der Waals surface area contributed by atoms with Gasteiger partial charge in [0, 0.05) is 38.7 Å². The summed E-state index contributed by atoms with van der Waals surface area (Å²) in [5, 5.41) is 15.6. The van der Waals surface area contributed by atoms with Gasteiger partial charge in [-0.15, -0.1) is 0 Å². The van der Waals surface area contributed by atoms with E-state index in [1.165, 1.54) is 6.08 Å². The van der Waals surface area contributed by atoms with Crippen LogP contribution in [0.15, 0.2) is 60.8 Å². The van der Waals surface area contributed by atoms with Crippen LogP contribution < -0.4 is 5.32 Å². The van der Waals surface area contributed by atoms with Crippen molar-refractivity contribution >= 4 is 40.2 Å². The Labute approximate surface area is 236 Å². The molecule has 2 N–H and O–H groups in total. The van der Waals surface area contributed by atoms with E-state index in [1.54, 1.807) is 12.3 Å². The predicted molar refractivity (Wildman–Crippen MR) is 165 cm³/mol. The van der Waals surface area contributed by atoms with Gasteiger partial charge in [0.2, 0.25) is 5.91 Å². The summed E-state index contributed by atoms with van der Waals surface area (Å²) in [5.41, 5.74) is 7.34. The molecule has 1 heterocycles. The van der Waals surface area contributed by atoms with Gasteiger partial charge in [0.05, 0.1) is 17.4 Å². The fourth-order valence-electron chi connectivity index (χ4n) is 4.95. The van der Waals surface area contributed by atoms with Gasteiger partial charge in [-0.1, -0.05) is 83.0 Å². The van der Waals surface area contributed by atoms with Crippen molar-refractivity contribution in [1.29, 1.82) is 0 Å². The van der Waals surface area contributed by atoms with Gasteiger partial charge in [-0.3, -0.25) is 9.78 Å². The smallest absolute Gasteiger partial charge is 0.248 e. The zero-order chi connectivity index (χ0) is 28.7. The molecule has 4 nitrogen and oxygen atoms in total. The molecule has 1 amide bonds. The molecule has 0 bridgehead atoms. The maximum absolute atomic E-state index is 13.2. The largest absolute Gasteiger partial charge is 0.507 e. The second-order valence-corrected chi connectivity index (χ2v) is 12.7. The van der Waals surface area contributed by atoms with Crippen molar-refractivity contribution in [2.45, 2.75) is 66.2 Å². The van der Waals surface area contributed by atoms with E-state index >= 15 is 0 Å². The zero-order valence-corrected chi connectivity index (χ0v) is 24.8. The summed E-state index contributed by atoms with van der Waals surface area (Å²) in [5.74, 6) is 0.0327. The SMILES string of the molecule is Cc1cc(C)c2ncc(NC(=O)/C=C/c3cc(C(C)(C)C)c(O)c(C(C)(C)C)c3)c(-c3ccccc3Cl)c2c1. The number of aromatic nitrogens is 1. The molecule has 4 rings (SSSR count). The van der Waals surface area contributed by atoms with Crippen molar-refractivity contribution in [2.24, 2.45) is 0 Å². The lowest BCUT2D eigenvalue weighted by molar-refractivity contribution is -0.111. The number of rotatable bonds is 4. The van der Waals surface area contributed by atoms with Crippen LogP contribution in [-0.4, -0.2) is 16.0 Å². The molecule has 0 fully saturated rings. The van der Waals surface area contributed by atoms with E-state index in [2.05, 4.69) is 64.0 Å². The van der Waals surface area contributed by atoms with Crippen LogP contribution in [0.2, 0.25) is 5.02 Å². The molecule has 3 aromatic carbocycles. The number of benzene rings is 3. The van der Waals surface area contributed by atoms with Crippen molar-refractivity contribution in [2.75, 3.05) is 5.32 Å². The summed E-state index contributed by atoms with van der Waals surface area (Å²) in [6.07, 6.45) is 5.01. The number of phenols is 1. The van der Waals surface area contributed by atoms with Crippen LogP contribution in [0.4, 0.5) is 5.69 Å². The molecule has 0 spiro atoms. The van der Waals surface area contributed by atoms with E-state index in [-0.39, 0.29) is 16.7 Å². The van der Waals surface area contributed by atoms with Crippen molar-refractivity contribution in [3.05, 3.63) is 93.6 Å². The lowest BCUT2D eigenvalue weighted by atomic mass is 9.78. The van der Waals surface area contributed by atoms with Gasteiger partial charge in [0.15, 0.2) is 0 Å². The third kappa shape index (κ3) is 6.02. The third-order valence-electron chi connectivity index (χ3n) is 6.88. The summed E-state index contributed by atoms with van der Waals surface area (Å²) in [6, 6.07) is 15.7. The van der Waals surface area contributed by atoms with E-state index in [1.807, 2.05) is 50.2 Å². The lowest BCUT2D eigenvalue weighted by Gasteiger charge is -2.27. The molecule has 202 valence electrons. The first-order valence-corrected chi connectivity index (χ1v) is 13.6. The van der Waals surface area contributed by atoms with Crippen LogP contribution in [0.1, 0.15) is 69.4 Å². The van der Waals surface area contributed by atoms with E-state index in [0.717, 1.165) is 49.8 Å². The van der Waals surface area contributed by atoms with Crippen molar-refractivity contribution in [3.63, 3.8) is 0 Å². The number of aryl methyl sites for hydroxylation is 2. The van der Waals surface area contributed by atoms with Crippen LogP contribution in [0.5, 0.6) is 5.75 Å². The highest BCUT2D eigenvalue weighted by molar-refractivity contribution is 6.34. The Bertz CT molecular complexity index is 1570. The van der Waals surface area contributed by atoms with Crippen LogP contribution in [0.3, 0.4) is 0 Å². The predicted octanol–water partition coefficient (Wildman–Crippen LogP) is 9.12. The Hall–Kier alpha value is -3.63. The summed E-state index contributed by atoms with van der Waals surface area (Å²) in [4.78, 5) is 17.9. The molecule has 4 aromatic rings. The number of carbonyl (C=O) groups is 1. The standard InChI is InChI=1S/C34H37ClN2O2/c1-20-15-21(2)31-24(16-20)30(23-11-9-10-12-27(23)35)28(19-36-31)37-29(38)14-13-22-17-25(33(3,4)5)32(39)26(18-22)34(6,7)8/h9-19,39H,1-8H3,(H,37,38)/b14-13+. The highest BCUT2D eigenvalue weighted by atomic mass is 35.5. The number of hydrogen-bond acceptors (Lipinski definition) is 3. The molecular weight excluding hydrogens is 504 g/mol. The Balaban J connectivity index is 1.77. The number of nitrogens with zero attached hydrogens (tertiary/aromatic N) is 1. The van der Waals surface area contributed by atoms with Gasteiger partial charge in [0.1, 0.15) is 5.75 Å². The number of halogens is 1. The van der Waals surface area contributed by atoms with Gasteiger partial charge in [-0.25, -0.2) is 0 Å². The first-order chi connectivity index (χ1) is 18.2. The molecule has 0 radical (unpaired) electrons. The molecule has 0 atom stereocenters. The summed E-state index contributed by atoms with van der Waals surface area (Å²) in [6.45, 7) is 16.5. The Kier molecular flexibility index (Phi) is 7.64. The van der Waals surface area contributed by atoms with Gasteiger partial charge < -0.3 is 10.4 Å². The minimum atomic E-state index is -0.281. The van der Waals surface area contributed by atoms with Crippen LogP contribution in [0.25, 0.3) is 28.1 Å². The average Bonchev–Trinajstić information content (AvgIpc) is 2.82. The van der Waals surface area contributed by atoms with Crippen molar-refractivity contribution in [1.82, 2.24) is 4.98 Å². The summed E-state index contributed by atoms with van der Waals surface area (Å²) >= 11 is 6.64. The van der Waals surface area contributed by atoms with E-state index < -0.39 is 0 Å². The Morgan fingerprint density at radius 2 is 1.56 bits per heavy atom. The van der Waals surface area contributed by atoms with Crippen LogP contribution in [-0.2, 0) is 15.6 Å². The van der Waals surface area contributed by atoms with E-state index in [4.69, 9.17) is 11.6 Å². The Morgan fingerprint density at radius 1 is 0.949 bits per heavy atom. The zero-order valence-electron chi connectivity index (χ0n) is 24.0. The van der Waals surface area contributed by atoms with Gasteiger partial charge in [0.25, 0.3) is 0 Å². The molecule has 39 heavy (non-hydrogen) atoms. The molecule has 1 aromatic heterocycles. The fraction of sp³-hybridized carbons (Fsp3) is 0.294. The minimum Gasteiger partial charge on any atom is -0.507 e. The topological polar surface area (TPSA) is 62.2 Å². The first-order valence-electron chi connectivity index (χ1n) is 13.2. The number of amides is 1. The molecule has 0 saturated carbocycles. The van der Waals surface area contributed by atoms with Gasteiger partial charge in [-0.05, 0) is 66.1 Å². The molecular formula is C34H37ClN2O2. The van der Waals surface area contributed by atoms with E-state index in [0.29, 0.717) is 16.5 Å². The van der Waals surface area contributed by atoms with Crippen molar-refractivity contribution < 1.29 is 9.90 Å². The number of fused-ring (bicyclic) bond motifs is 1. The van der Waals surface area contributed by atoms with E-state index in [9.17, 15) is 9.90 Å². The highest BCUT2D eigenvalue weighted by Crippen LogP contribution is 2.41. The normalized spacial score (nSPS) is 12.3. The van der Waals surface area contributed by atoms with Gasteiger partial charge in [-0.2, -0.15) is 0 Å². The molecule has 0 unspecified atom stereocenters. The van der Waals surface area contributed by atoms with Crippen molar-refractivity contribution in [3.8, 4) is 16.9 Å². The molecule has 0 saturated heterocycles. The number of pyridine rings is 1. The number of aromatic hydroxyl groups is 1. The fourth-order valence-corrected chi connectivity index (χ4v) is 5.18. The molecule has 0 aliphatic rings. The minimum absolute atomic E-state index is 0.257. The number of carbonyl (C=O) groups excluding carboxylic acids is 1. The number of anilines is 1. The maximum Gasteiger partial charge on any atom is 0.248 e. The lowest BCUT2D eigenvalue weighted by Crippen LogP contribution is -2.17. The van der Waals surface area contributed by atoms with Crippen LogP contribution >= 0.6 is 11.6 Å². The molecule has 0 aliphatic heterocycles. The summed E-state index contributed by atoms with van der Waals surface area (Å²) in [7, 11) is 0. The maximum atomic E-state index is 13.2. The monoisotopic (exact) mass is 540 g/mol. The number of phenolic OH excluding ortho intramolecular Hbond substituents is 1. The highest BCUT2D eigenvalue weighted by Gasteiger charge is 2.26. The van der Waals surface area contributed by atoms with Crippen LogP contribution in [0, 0.1) is 13.8 Å². The summed E-state index contributed by atoms with van der Waals surface area (Å²) < 4.78 is 0. The molecule has 0 aliphatic carbocycles. The average molecular weight is 541 g/mol.